The summed E-state index contributed by atoms with van der Waals surface area (Å²) in [7, 11) is 1.86. The molecule has 0 saturated heterocycles. The molecule has 0 aliphatic carbocycles. The van der Waals surface area contributed by atoms with Crippen LogP contribution in [-0.4, -0.2) is 7.05 Å². The Balaban J connectivity index is 2.46. The number of hydrogen-bond acceptors (Lipinski definition) is 1. The van der Waals surface area contributed by atoms with Crippen LogP contribution in [-0.2, 0) is 0 Å². The minimum Gasteiger partial charge on any atom is -0.309 e. The normalized spacial score (nSPS) is 12.5. The Morgan fingerprint density at radius 3 is 2.37 bits per heavy atom. The number of aryl methyl sites for hydroxylation is 2. The zero-order valence-electron chi connectivity index (χ0n) is 11.3. The van der Waals surface area contributed by atoms with E-state index >= 15 is 0 Å². The van der Waals surface area contributed by atoms with E-state index < -0.39 is 0 Å². The van der Waals surface area contributed by atoms with Gasteiger partial charge in [-0.3, -0.25) is 0 Å². The standard InChI is InChI=1S/C16H17ClFN/c1-10-6-13(8-14(18)7-10)16(19-3)12-5-4-11(2)15(17)9-12/h4-9,16,19H,1-3H3. The Labute approximate surface area is 118 Å². The molecule has 2 rings (SSSR count). The van der Waals surface area contributed by atoms with Gasteiger partial charge in [-0.2, -0.15) is 0 Å². The predicted octanol–water partition coefficient (Wildman–Crippen LogP) is 4.40. The zero-order valence-corrected chi connectivity index (χ0v) is 12.1. The third kappa shape index (κ3) is 3.14. The van der Waals surface area contributed by atoms with E-state index in [4.69, 9.17) is 11.6 Å². The summed E-state index contributed by atoms with van der Waals surface area (Å²) in [6, 6.07) is 10.9. The first kappa shape index (κ1) is 14.0. The molecule has 0 amide bonds. The maximum Gasteiger partial charge on any atom is 0.123 e. The van der Waals surface area contributed by atoms with Crippen LogP contribution in [0.15, 0.2) is 36.4 Å². The van der Waals surface area contributed by atoms with Crippen molar-refractivity contribution in [3.63, 3.8) is 0 Å². The van der Waals surface area contributed by atoms with Gasteiger partial charge in [0.25, 0.3) is 0 Å². The van der Waals surface area contributed by atoms with Crippen molar-refractivity contribution in [3.8, 4) is 0 Å². The maximum atomic E-state index is 13.5. The molecule has 3 heteroatoms. The quantitative estimate of drug-likeness (QED) is 0.876. The average Bonchev–Trinajstić information content (AvgIpc) is 2.33. The SMILES string of the molecule is CNC(c1cc(C)cc(F)c1)c1ccc(C)c(Cl)c1. The van der Waals surface area contributed by atoms with Gasteiger partial charge in [-0.25, -0.2) is 4.39 Å². The maximum absolute atomic E-state index is 13.5. The largest absolute Gasteiger partial charge is 0.309 e. The molecule has 1 nitrogen and oxygen atoms in total. The highest BCUT2D eigenvalue weighted by molar-refractivity contribution is 6.31. The third-order valence-electron chi connectivity index (χ3n) is 3.22. The lowest BCUT2D eigenvalue weighted by molar-refractivity contribution is 0.615. The molecule has 0 aliphatic rings. The molecule has 2 aromatic rings. The lowest BCUT2D eigenvalue weighted by atomic mass is 9.96. The molecule has 100 valence electrons. The molecule has 0 bridgehead atoms. The van der Waals surface area contributed by atoms with Crippen LogP contribution in [0.3, 0.4) is 0 Å². The number of nitrogens with one attached hydrogen (secondary N) is 1. The fourth-order valence-corrected chi connectivity index (χ4v) is 2.43. The molecule has 0 spiro atoms. The van der Waals surface area contributed by atoms with Crippen molar-refractivity contribution < 1.29 is 4.39 Å². The van der Waals surface area contributed by atoms with Crippen LogP contribution >= 0.6 is 11.6 Å². The van der Waals surface area contributed by atoms with Crippen LogP contribution in [0.1, 0.15) is 28.3 Å². The molecule has 2 aromatic carbocycles. The number of benzene rings is 2. The molecule has 0 aromatic heterocycles. The van der Waals surface area contributed by atoms with Crippen molar-refractivity contribution >= 4 is 11.6 Å². The zero-order chi connectivity index (χ0) is 14.0. The Bertz CT molecular complexity index is 575. The Morgan fingerprint density at radius 2 is 1.79 bits per heavy atom. The highest BCUT2D eigenvalue weighted by Crippen LogP contribution is 2.27. The minimum atomic E-state index is -0.214. The molecule has 0 saturated carbocycles. The van der Waals surface area contributed by atoms with Crippen LogP contribution in [0.2, 0.25) is 5.02 Å². The molecule has 0 fully saturated rings. The van der Waals surface area contributed by atoms with Gasteiger partial charge in [0, 0.05) is 5.02 Å². The second kappa shape index (κ2) is 5.72. The van der Waals surface area contributed by atoms with Gasteiger partial charge >= 0.3 is 0 Å². The number of hydrogen-bond donors (Lipinski definition) is 1. The first-order valence-electron chi connectivity index (χ1n) is 6.21. The van der Waals surface area contributed by atoms with E-state index in [9.17, 15) is 4.39 Å². The van der Waals surface area contributed by atoms with Crippen molar-refractivity contribution in [2.45, 2.75) is 19.9 Å². The van der Waals surface area contributed by atoms with Crippen molar-refractivity contribution in [1.29, 1.82) is 0 Å². The highest BCUT2D eigenvalue weighted by atomic mass is 35.5. The fraction of sp³-hybridized carbons (Fsp3) is 0.250. The van der Waals surface area contributed by atoms with E-state index in [0.29, 0.717) is 0 Å². The summed E-state index contributed by atoms with van der Waals surface area (Å²) in [6.45, 7) is 3.86. The van der Waals surface area contributed by atoms with Crippen molar-refractivity contribution in [2.24, 2.45) is 0 Å². The summed E-state index contributed by atoms with van der Waals surface area (Å²) >= 11 is 6.16. The van der Waals surface area contributed by atoms with Gasteiger partial charge in [0.05, 0.1) is 6.04 Å². The first-order chi connectivity index (χ1) is 9.01. The van der Waals surface area contributed by atoms with E-state index in [1.54, 1.807) is 6.07 Å². The minimum absolute atomic E-state index is 0.0625. The first-order valence-corrected chi connectivity index (χ1v) is 6.59. The molecule has 1 unspecified atom stereocenters. The smallest absolute Gasteiger partial charge is 0.123 e. The van der Waals surface area contributed by atoms with Gasteiger partial charge in [-0.05, 0) is 61.3 Å². The van der Waals surface area contributed by atoms with Gasteiger partial charge in [0.1, 0.15) is 5.82 Å². The predicted molar refractivity (Wildman–Crippen MR) is 78.2 cm³/mol. The Morgan fingerprint density at radius 1 is 1.05 bits per heavy atom. The van der Waals surface area contributed by atoms with Crippen molar-refractivity contribution in [1.82, 2.24) is 5.32 Å². The van der Waals surface area contributed by atoms with Gasteiger partial charge in [-0.15, -0.1) is 0 Å². The third-order valence-corrected chi connectivity index (χ3v) is 3.62. The molecule has 1 atom stereocenters. The second-order valence-corrected chi connectivity index (χ2v) is 5.20. The summed E-state index contributed by atoms with van der Waals surface area (Å²) in [5, 5.41) is 3.94. The molecule has 1 N–H and O–H groups in total. The second-order valence-electron chi connectivity index (χ2n) is 4.79. The van der Waals surface area contributed by atoms with E-state index in [-0.39, 0.29) is 11.9 Å². The summed E-state index contributed by atoms with van der Waals surface area (Å²) in [4.78, 5) is 0. The van der Waals surface area contributed by atoms with Crippen LogP contribution in [0, 0.1) is 19.7 Å². The summed E-state index contributed by atoms with van der Waals surface area (Å²) < 4.78 is 13.5. The lowest BCUT2D eigenvalue weighted by Gasteiger charge is -2.18. The van der Waals surface area contributed by atoms with E-state index in [0.717, 1.165) is 27.3 Å². The average molecular weight is 278 g/mol. The Hall–Kier alpha value is -1.38. The highest BCUT2D eigenvalue weighted by Gasteiger charge is 2.14. The van der Waals surface area contributed by atoms with Crippen LogP contribution in [0.4, 0.5) is 4.39 Å². The summed E-state index contributed by atoms with van der Waals surface area (Å²) in [6.07, 6.45) is 0. The summed E-state index contributed by atoms with van der Waals surface area (Å²) in [5.74, 6) is -0.214. The molecular formula is C16H17ClFN. The van der Waals surface area contributed by atoms with Crippen LogP contribution in [0.5, 0.6) is 0 Å². The van der Waals surface area contributed by atoms with Gasteiger partial charge in [0.15, 0.2) is 0 Å². The lowest BCUT2D eigenvalue weighted by Crippen LogP contribution is -2.18. The van der Waals surface area contributed by atoms with Crippen LogP contribution < -0.4 is 5.32 Å². The van der Waals surface area contributed by atoms with Gasteiger partial charge in [0.2, 0.25) is 0 Å². The summed E-state index contributed by atoms with van der Waals surface area (Å²) in [5.41, 5.74) is 3.88. The van der Waals surface area contributed by atoms with Crippen molar-refractivity contribution in [3.05, 3.63) is 69.5 Å². The van der Waals surface area contributed by atoms with Gasteiger partial charge in [-0.1, -0.05) is 29.8 Å². The molecule has 0 radical (unpaired) electrons. The fourth-order valence-electron chi connectivity index (χ4n) is 2.25. The number of halogens is 2. The number of rotatable bonds is 3. The van der Waals surface area contributed by atoms with E-state index in [1.807, 2.05) is 45.2 Å². The van der Waals surface area contributed by atoms with E-state index in [2.05, 4.69) is 5.32 Å². The van der Waals surface area contributed by atoms with Crippen LogP contribution in [0.25, 0.3) is 0 Å². The van der Waals surface area contributed by atoms with Gasteiger partial charge < -0.3 is 5.32 Å². The Kier molecular flexibility index (Phi) is 4.23. The topological polar surface area (TPSA) is 12.0 Å². The molecule has 19 heavy (non-hydrogen) atoms. The van der Waals surface area contributed by atoms with E-state index in [1.165, 1.54) is 6.07 Å². The monoisotopic (exact) mass is 277 g/mol. The molecule has 0 aliphatic heterocycles. The molecular weight excluding hydrogens is 261 g/mol. The van der Waals surface area contributed by atoms with Crippen molar-refractivity contribution in [2.75, 3.05) is 7.05 Å². The molecule has 0 heterocycles.